The molecule has 25 heavy (non-hydrogen) atoms. The molecule has 2 aliphatic heterocycles. The van der Waals surface area contributed by atoms with Crippen LogP contribution in [0.2, 0.25) is 0 Å². The van der Waals surface area contributed by atoms with E-state index in [0.29, 0.717) is 17.6 Å². The Balaban J connectivity index is 1.47. The van der Waals surface area contributed by atoms with E-state index in [1.807, 2.05) is 18.2 Å². The van der Waals surface area contributed by atoms with E-state index >= 15 is 0 Å². The van der Waals surface area contributed by atoms with Crippen molar-refractivity contribution in [3.05, 3.63) is 48.2 Å². The summed E-state index contributed by atoms with van der Waals surface area (Å²) < 4.78 is 0. The molecule has 2 aromatic rings. The van der Waals surface area contributed by atoms with E-state index in [2.05, 4.69) is 42.7 Å². The van der Waals surface area contributed by atoms with Gasteiger partial charge in [-0.05, 0) is 30.9 Å². The van der Waals surface area contributed by atoms with Crippen molar-refractivity contribution in [3.63, 3.8) is 0 Å². The third-order valence-electron chi connectivity index (χ3n) is 4.82. The Hall–Kier alpha value is -2.96. The zero-order valence-corrected chi connectivity index (χ0v) is 13.8. The molecule has 4 rings (SSSR count). The molecule has 0 aromatic carbocycles. The maximum absolute atomic E-state index is 9.24. The molecule has 0 unspecified atom stereocenters. The lowest BCUT2D eigenvalue weighted by Gasteiger charge is -2.39. The summed E-state index contributed by atoms with van der Waals surface area (Å²) in [7, 11) is 0. The lowest BCUT2D eigenvalue weighted by molar-refractivity contribution is 0.202. The molecule has 0 amide bonds. The molecule has 0 radical (unpaired) electrons. The van der Waals surface area contributed by atoms with Crippen LogP contribution in [0.3, 0.4) is 0 Å². The first-order chi connectivity index (χ1) is 12.3. The van der Waals surface area contributed by atoms with Crippen molar-refractivity contribution in [1.82, 2.24) is 19.9 Å². The minimum Gasteiger partial charge on any atom is -0.351 e. The van der Waals surface area contributed by atoms with Crippen molar-refractivity contribution < 1.29 is 0 Å². The van der Waals surface area contributed by atoms with Gasteiger partial charge in [-0.3, -0.25) is 4.90 Å². The highest BCUT2D eigenvalue weighted by Gasteiger charge is 2.37. The van der Waals surface area contributed by atoms with Crippen LogP contribution in [-0.4, -0.2) is 51.6 Å². The zero-order chi connectivity index (χ0) is 17.1. The SMILES string of the molecule is N#Cc1nccnc1N1CCN2[C@@H](CC[C@@H]2C#Cc2ccccn2)C1. The first kappa shape index (κ1) is 15.6. The van der Waals surface area contributed by atoms with E-state index in [4.69, 9.17) is 0 Å². The highest BCUT2D eigenvalue weighted by atomic mass is 15.3. The van der Waals surface area contributed by atoms with E-state index in [1.165, 1.54) is 0 Å². The van der Waals surface area contributed by atoms with Gasteiger partial charge in [-0.1, -0.05) is 12.0 Å². The third-order valence-corrected chi connectivity index (χ3v) is 4.82. The Morgan fingerprint density at radius 3 is 2.80 bits per heavy atom. The molecule has 6 heteroatoms. The fourth-order valence-electron chi connectivity index (χ4n) is 3.64. The van der Waals surface area contributed by atoms with Crippen molar-refractivity contribution in [3.8, 4) is 17.9 Å². The predicted molar refractivity (Wildman–Crippen MR) is 93.6 cm³/mol. The molecule has 2 fully saturated rings. The number of pyridine rings is 1. The van der Waals surface area contributed by atoms with Gasteiger partial charge in [0.05, 0.1) is 6.04 Å². The van der Waals surface area contributed by atoms with E-state index in [-0.39, 0.29) is 6.04 Å². The molecule has 0 saturated carbocycles. The van der Waals surface area contributed by atoms with E-state index in [0.717, 1.165) is 38.2 Å². The molecule has 124 valence electrons. The van der Waals surface area contributed by atoms with Crippen LogP contribution in [0.1, 0.15) is 24.2 Å². The quantitative estimate of drug-likeness (QED) is 0.737. The van der Waals surface area contributed by atoms with Crippen molar-refractivity contribution in [2.45, 2.75) is 24.9 Å². The Bertz CT molecular complexity index is 847. The molecular weight excluding hydrogens is 312 g/mol. The summed E-state index contributed by atoms with van der Waals surface area (Å²) in [6, 6.07) is 8.67. The topological polar surface area (TPSA) is 68.9 Å². The van der Waals surface area contributed by atoms with Gasteiger partial charge in [-0.2, -0.15) is 5.26 Å². The smallest absolute Gasteiger partial charge is 0.183 e. The van der Waals surface area contributed by atoms with Gasteiger partial charge in [0.15, 0.2) is 11.5 Å². The van der Waals surface area contributed by atoms with Crippen LogP contribution in [0.25, 0.3) is 0 Å². The van der Waals surface area contributed by atoms with Gasteiger partial charge in [-0.15, -0.1) is 0 Å². The lowest BCUT2D eigenvalue weighted by Crippen LogP contribution is -2.52. The molecule has 0 N–H and O–H groups in total. The Morgan fingerprint density at radius 1 is 1.04 bits per heavy atom. The van der Waals surface area contributed by atoms with Gasteiger partial charge in [0.25, 0.3) is 0 Å². The number of hydrogen-bond donors (Lipinski definition) is 0. The van der Waals surface area contributed by atoms with Crippen molar-refractivity contribution in [1.29, 1.82) is 5.26 Å². The molecule has 0 aliphatic carbocycles. The van der Waals surface area contributed by atoms with Gasteiger partial charge < -0.3 is 4.90 Å². The van der Waals surface area contributed by atoms with Crippen LogP contribution in [0.15, 0.2) is 36.8 Å². The minimum atomic E-state index is 0.284. The Labute approximate surface area is 147 Å². The molecular formula is C19H18N6. The molecule has 2 saturated heterocycles. The van der Waals surface area contributed by atoms with E-state index < -0.39 is 0 Å². The summed E-state index contributed by atoms with van der Waals surface area (Å²) in [5.41, 5.74) is 1.23. The molecule has 0 bridgehead atoms. The average Bonchev–Trinajstić information content (AvgIpc) is 3.09. The lowest BCUT2D eigenvalue weighted by atomic mass is 10.1. The van der Waals surface area contributed by atoms with Gasteiger partial charge in [0.2, 0.25) is 0 Å². The fourth-order valence-corrected chi connectivity index (χ4v) is 3.64. The van der Waals surface area contributed by atoms with Gasteiger partial charge in [-0.25, -0.2) is 15.0 Å². The largest absolute Gasteiger partial charge is 0.351 e. The number of hydrogen-bond acceptors (Lipinski definition) is 6. The molecule has 2 aliphatic rings. The second kappa shape index (κ2) is 6.88. The Kier molecular flexibility index (Phi) is 4.28. The summed E-state index contributed by atoms with van der Waals surface area (Å²) in [4.78, 5) is 17.4. The number of fused-ring (bicyclic) bond motifs is 1. The van der Waals surface area contributed by atoms with E-state index in [1.54, 1.807) is 18.6 Å². The number of piperazine rings is 1. The predicted octanol–water partition coefficient (Wildman–Crippen LogP) is 1.45. The minimum absolute atomic E-state index is 0.284. The van der Waals surface area contributed by atoms with Crippen molar-refractivity contribution in [2.75, 3.05) is 24.5 Å². The number of nitrogens with zero attached hydrogens (tertiary/aromatic N) is 6. The monoisotopic (exact) mass is 330 g/mol. The first-order valence-corrected chi connectivity index (χ1v) is 8.49. The molecule has 6 nitrogen and oxygen atoms in total. The maximum atomic E-state index is 9.24. The van der Waals surface area contributed by atoms with Gasteiger partial charge >= 0.3 is 0 Å². The summed E-state index contributed by atoms with van der Waals surface area (Å²) in [6.45, 7) is 2.63. The number of nitriles is 1. The van der Waals surface area contributed by atoms with Gasteiger partial charge in [0, 0.05) is 44.3 Å². The van der Waals surface area contributed by atoms with Crippen LogP contribution in [0.4, 0.5) is 5.82 Å². The van der Waals surface area contributed by atoms with Crippen LogP contribution in [0.5, 0.6) is 0 Å². The average molecular weight is 330 g/mol. The number of aromatic nitrogens is 3. The van der Waals surface area contributed by atoms with Crippen LogP contribution < -0.4 is 4.90 Å². The zero-order valence-electron chi connectivity index (χ0n) is 13.8. The normalized spacial score (nSPS) is 22.6. The van der Waals surface area contributed by atoms with Crippen LogP contribution in [-0.2, 0) is 0 Å². The highest BCUT2D eigenvalue weighted by Crippen LogP contribution is 2.29. The first-order valence-electron chi connectivity index (χ1n) is 8.49. The Morgan fingerprint density at radius 2 is 1.96 bits per heavy atom. The summed E-state index contributed by atoms with van der Waals surface area (Å²) in [5, 5.41) is 9.24. The van der Waals surface area contributed by atoms with Gasteiger partial charge in [0.1, 0.15) is 11.8 Å². The fraction of sp³-hybridized carbons (Fsp3) is 0.368. The molecule has 2 atom stereocenters. The second-order valence-electron chi connectivity index (χ2n) is 6.26. The number of rotatable bonds is 1. The second-order valence-corrected chi connectivity index (χ2v) is 6.26. The van der Waals surface area contributed by atoms with Crippen molar-refractivity contribution >= 4 is 5.82 Å². The highest BCUT2D eigenvalue weighted by molar-refractivity contribution is 5.50. The maximum Gasteiger partial charge on any atom is 0.183 e. The summed E-state index contributed by atoms with van der Waals surface area (Å²) >= 11 is 0. The molecule has 2 aromatic heterocycles. The summed E-state index contributed by atoms with van der Waals surface area (Å²) in [6.07, 6.45) is 7.17. The van der Waals surface area contributed by atoms with Crippen molar-refractivity contribution in [2.24, 2.45) is 0 Å². The molecule has 4 heterocycles. The third kappa shape index (κ3) is 3.17. The molecule has 0 spiro atoms. The standard InChI is InChI=1S/C19H18N6/c20-13-18-19(23-10-9-22-18)24-11-12-25-16(6-7-17(25)14-24)5-4-15-3-1-2-8-21-15/h1-3,8-10,16-17H,6-7,11-12,14H2/t16-,17-/m0/s1. The summed E-state index contributed by atoms with van der Waals surface area (Å²) in [5.74, 6) is 7.29. The number of anilines is 1. The van der Waals surface area contributed by atoms with E-state index in [9.17, 15) is 5.26 Å². The van der Waals surface area contributed by atoms with Crippen LogP contribution >= 0.6 is 0 Å². The van der Waals surface area contributed by atoms with Crippen LogP contribution in [0, 0.1) is 23.2 Å².